The standard InChI is InChI=1S/C25H28FN3O/c1-19(20-7-3-2-4-8-20)18-28-13-15-29(16-14-28)24-22(10-5-11-23(24)26)25(30)21-9-6-12-27-17-21/h2-12,17,19,25,30H,13-16,18H2,1H3. The van der Waals surface area contributed by atoms with E-state index in [1.165, 1.54) is 11.6 Å². The van der Waals surface area contributed by atoms with Gasteiger partial charge in [-0.25, -0.2) is 4.39 Å². The summed E-state index contributed by atoms with van der Waals surface area (Å²) in [6.45, 7) is 6.44. The summed E-state index contributed by atoms with van der Waals surface area (Å²) in [6.07, 6.45) is 2.39. The van der Waals surface area contributed by atoms with Gasteiger partial charge in [0, 0.05) is 56.2 Å². The Morgan fingerprint density at radius 1 is 0.933 bits per heavy atom. The molecule has 30 heavy (non-hydrogen) atoms. The van der Waals surface area contributed by atoms with Gasteiger partial charge in [0.05, 0.1) is 5.69 Å². The molecular weight excluding hydrogens is 377 g/mol. The molecule has 1 aromatic heterocycles. The lowest BCUT2D eigenvalue weighted by Gasteiger charge is -2.38. The van der Waals surface area contributed by atoms with E-state index < -0.39 is 6.10 Å². The van der Waals surface area contributed by atoms with Crippen LogP contribution in [0.1, 0.15) is 35.6 Å². The quantitative estimate of drug-likeness (QED) is 0.666. The van der Waals surface area contributed by atoms with E-state index in [4.69, 9.17) is 0 Å². The zero-order valence-electron chi connectivity index (χ0n) is 17.3. The number of piperazine rings is 1. The van der Waals surface area contributed by atoms with Crippen molar-refractivity contribution in [3.8, 4) is 0 Å². The van der Waals surface area contributed by atoms with Gasteiger partial charge in [0.25, 0.3) is 0 Å². The van der Waals surface area contributed by atoms with E-state index in [1.807, 2.05) is 12.1 Å². The van der Waals surface area contributed by atoms with Crippen LogP contribution in [0.3, 0.4) is 0 Å². The molecule has 0 spiro atoms. The highest BCUT2D eigenvalue weighted by molar-refractivity contribution is 5.58. The van der Waals surface area contributed by atoms with E-state index in [1.54, 1.807) is 30.6 Å². The van der Waals surface area contributed by atoms with Gasteiger partial charge < -0.3 is 10.0 Å². The lowest BCUT2D eigenvalue weighted by Crippen LogP contribution is -2.48. The van der Waals surface area contributed by atoms with Crippen molar-refractivity contribution < 1.29 is 9.50 Å². The molecule has 2 aromatic carbocycles. The fourth-order valence-corrected chi connectivity index (χ4v) is 4.23. The van der Waals surface area contributed by atoms with Gasteiger partial charge >= 0.3 is 0 Å². The first-order valence-corrected chi connectivity index (χ1v) is 10.5. The largest absolute Gasteiger partial charge is 0.384 e. The summed E-state index contributed by atoms with van der Waals surface area (Å²) in [7, 11) is 0. The maximum absolute atomic E-state index is 14.9. The Bertz CT molecular complexity index is 943. The summed E-state index contributed by atoms with van der Waals surface area (Å²) in [5, 5.41) is 10.9. The number of aliphatic hydroxyl groups excluding tert-OH is 1. The summed E-state index contributed by atoms with van der Waals surface area (Å²) in [5.41, 5.74) is 3.11. The van der Waals surface area contributed by atoms with Crippen LogP contribution in [-0.4, -0.2) is 47.7 Å². The van der Waals surface area contributed by atoms with Crippen molar-refractivity contribution in [2.24, 2.45) is 0 Å². The molecule has 1 saturated heterocycles. The minimum atomic E-state index is -0.902. The molecule has 4 rings (SSSR count). The SMILES string of the molecule is CC(CN1CCN(c2c(F)cccc2C(O)c2cccnc2)CC1)c1ccccc1. The molecule has 1 N–H and O–H groups in total. The maximum Gasteiger partial charge on any atom is 0.146 e. The molecule has 2 heterocycles. The van der Waals surface area contributed by atoms with Gasteiger partial charge in [-0.2, -0.15) is 0 Å². The van der Waals surface area contributed by atoms with Gasteiger partial charge in [-0.1, -0.05) is 55.5 Å². The van der Waals surface area contributed by atoms with Crippen molar-refractivity contribution in [3.05, 3.63) is 95.6 Å². The van der Waals surface area contributed by atoms with Crippen LogP contribution in [0, 0.1) is 5.82 Å². The minimum absolute atomic E-state index is 0.290. The molecule has 0 bridgehead atoms. The van der Waals surface area contributed by atoms with Gasteiger partial charge in [0.2, 0.25) is 0 Å². The molecule has 1 aliphatic heterocycles. The van der Waals surface area contributed by atoms with Gasteiger partial charge in [-0.3, -0.25) is 9.88 Å². The average Bonchev–Trinajstić information content (AvgIpc) is 2.80. The second-order valence-corrected chi connectivity index (χ2v) is 7.97. The third-order valence-corrected chi connectivity index (χ3v) is 5.90. The van der Waals surface area contributed by atoms with Crippen molar-refractivity contribution >= 4 is 5.69 Å². The predicted octanol–water partition coefficient (Wildman–Crippen LogP) is 4.23. The molecule has 2 atom stereocenters. The Morgan fingerprint density at radius 2 is 1.67 bits per heavy atom. The zero-order chi connectivity index (χ0) is 20.9. The number of nitrogens with zero attached hydrogens (tertiary/aromatic N) is 3. The van der Waals surface area contributed by atoms with Crippen molar-refractivity contribution in [1.29, 1.82) is 0 Å². The second kappa shape index (κ2) is 9.37. The molecule has 1 aliphatic rings. The van der Waals surface area contributed by atoms with E-state index in [-0.39, 0.29) is 5.82 Å². The molecule has 0 saturated carbocycles. The Balaban J connectivity index is 1.46. The normalized spacial score (nSPS) is 17.0. The fraction of sp³-hybridized carbons (Fsp3) is 0.320. The molecule has 0 radical (unpaired) electrons. The van der Waals surface area contributed by atoms with E-state index >= 15 is 0 Å². The molecule has 156 valence electrons. The number of para-hydroxylation sites is 1. The smallest absolute Gasteiger partial charge is 0.146 e. The molecule has 0 aliphatic carbocycles. The Morgan fingerprint density at radius 3 is 2.37 bits per heavy atom. The van der Waals surface area contributed by atoms with Crippen LogP contribution < -0.4 is 4.90 Å². The molecule has 0 amide bonds. The molecular formula is C25H28FN3O. The molecule has 1 fully saturated rings. The van der Waals surface area contributed by atoms with E-state index in [9.17, 15) is 9.50 Å². The highest BCUT2D eigenvalue weighted by Crippen LogP contribution is 2.33. The number of anilines is 1. The lowest BCUT2D eigenvalue weighted by molar-refractivity contribution is 0.217. The first-order chi connectivity index (χ1) is 14.6. The maximum atomic E-state index is 14.9. The third kappa shape index (κ3) is 4.53. The third-order valence-electron chi connectivity index (χ3n) is 5.90. The Kier molecular flexibility index (Phi) is 6.41. The Hall–Kier alpha value is -2.76. The van der Waals surface area contributed by atoms with Crippen molar-refractivity contribution in [1.82, 2.24) is 9.88 Å². The molecule has 5 heteroatoms. The van der Waals surface area contributed by atoms with E-state index in [2.05, 4.69) is 46.0 Å². The summed E-state index contributed by atoms with van der Waals surface area (Å²) < 4.78 is 14.9. The number of rotatable bonds is 6. The van der Waals surface area contributed by atoms with Gasteiger partial charge in [-0.15, -0.1) is 0 Å². The highest BCUT2D eigenvalue weighted by Gasteiger charge is 2.26. The number of pyridine rings is 1. The van der Waals surface area contributed by atoms with Gasteiger partial charge in [0.15, 0.2) is 0 Å². The summed E-state index contributed by atoms with van der Waals surface area (Å²) in [6, 6.07) is 19.1. The van der Waals surface area contributed by atoms with Crippen LogP contribution >= 0.6 is 0 Å². The van der Waals surface area contributed by atoms with Crippen LogP contribution in [0.25, 0.3) is 0 Å². The van der Waals surface area contributed by atoms with Crippen LogP contribution in [0.15, 0.2) is 73.1 Å². The van der Waals surface area contributed by atoms with Crippen LogP contribution in [0.4, 0.5) is 10.1 Å². The van der Waals surface area contributed by atoms with Gasteiger partial charge in [0.1, 0.15) is 11.9 Å². The van der Waals surface area contributed by atoms with E-state index in [0.29, 0.717) is 22.7 Å². The Labute approximate surface area is 177 Å². The van der Waals surface area contributed by atoms with Crippen molar-refractivity contribution in [3.63, 3.8) is 0 Å². The number of hydrogen-bond donors (Lipinski definition) is 1. The van der Waals surface area contributed by atoms with Crippen molar-refractivity contribution in [2.75, 3.05) is 37.6 Å². The van der Waals surface area contributed by atoms with E-state index in [0.717, 1.165) is 32.7 Å². The summed E-state index contributed by atoms with van der Waals surface area (Å²) in [5.74, 6) is 0.163. The van der Waals surface area contributed by atoms with Gasteiger partial charge in [-0.05, 0) is 23.6 Å². The van der Waals surface area contributed by atoms with Crippen LogP contribution in [0.2, 0.25) is 0 Å². The topological polar surface area (TPSA) is 39.6 Å². The monoisotopic (exact) mass is 405 g/mol. The van der Waals surface area contributed by atoms with Crippen molar-refractivity contribution in [2.45, 2.75) is 18.9 Å². The molecule has 3 aromatic rings. The first-order valence-electron chi connectivity index (χ1n) is 10.5. The molecule has 2 unspecified atom stereocenters. The van der Waals surface area contributed by atoms with Crippen LogP contribution in [-0.2, 0) is 0 Å². The number of halogens is 1. The average molecular weight is 406 g/mol. The second-order valence-electron chi connectivity index (χ2n) is 7.97. The fourth-order valence-electron chi connectivity index (χ4n) is 4.23. The molecule has 4 nitrogen and oxygen atoms in total. The van der Waals surface area contributed by atoms with Crippen LogP contribution in [0.5, 0.6) is 0 Å². The lowest BCUT2D eigenvalue weighted by atomic mass is 9.99. The first kappa shape index (κ1) is 20.5. The number of aromatic nitrogens is 1. The summed E-state index contributed by atoms with van der Waals surface area (Å²) in [4.78, 5) is 8.58. The summed E-state index contributed by atoms with van der Waals surface area (Å²) >= 11 is 0. The predicted molar refractivity (Wildman–Crippen MR) is 118 cm³/mol. The zero-order valence-corrected chi connectivity index (χ0v) is 17.3. The highest BCUT2D eigenvalue weighted by atomic mass is 19.1. The number of hydrogen-bond acceptors (Lipinski definition) is 4. The number of benzene rings is 2. The number of aliphatic hydroxyl groups is 1. The minimum Gasteiger partial charge on any atom is -0.384 e.